The summed E-state index contributed by atoms with van der Waals surface area (Å²) in [6, 6.07) is 12.9. The number of carbonyl (C=O) groups excluding carboxylic acids is 2. The zero-order valence-corrected chi connectivity index (χ0v) is 14.9. The fraction of sp³-hybridized carbons (Fsp3) is 0.200. The standard InChI is InChI=1S/C20H19ClN2O2/c1-13-7-8-16(11-18(13)21)22-20(25)12-19-17-6-4-3-5-15(17)9-10-23(19)14(2)24/h3-11,19H,12H2,1-2H3,(H,22,25). The Bertz CT molecular complexity index is 861. The van der Waals surface area contributed by atoms with Crippen LogP contribution in [0.25, 0.3) is 6.08 Å². The van der Waals surface area contributed by atoms with E-state index in [9.17, 15) is 9.59 Å². The third kappa shape index (κ3) is 3.74. The number of aryl methyl sites for hydroxylation is 1. The van der Waals surface area contributed by atoms with Crippen LogP contribution in [0.1, 0.15) is 36.1 Å². The summed E-state index contributed by atoms with van der Waals surface area (Å²) in [5.41, 5.74) is 3.59. The highest BCUT2D eigenvalue weighted by atomic mass is 35.5. The van der Waals surface area contributed by atoms with Crippen LogP contribution in [0.5, 0.6) is 0 Å². The maximum atomic E-state index is 12.5. The molecule has 1 aliphatic rings. The van der Waals surface area contributed by atoms with Gasteiger partial charge in [-0.1, -0.05) is 41.9 Å². The highest BCUT2D eigenvalue weighted by molar-refractivity contribution is 6.31. The Hall–Kier alpha value is -2.59. The van der Waals surface area contributed by atoms with Crippen LogP contribution >= 0.6 is 11.6 Å². The monoisotopic (exact) mass is 354 g/mol. The minimum atomic E-state index is -0.320. The highest BCUT2D eigenvalue weighted by Gasteiger charge is 2.28. The summed E-state index contributed by atoms with van der Waals surface area (Å²) in [7, 11) is 0. The molecular weight excluding hydrogens is 336 g/mol. The molecule has 4 nitrogen and oxygen atoms in total. The predicted molar refractivity (Wildman–Crippen MR) is 100 cm³/mol. The van der Waals surface area contributed by atoms with E-state index in [4.69, 9.17) is 11.6 Å². The number of fused-ring (bicyclic) bond motifs is 1. The smallest absolute Gasteiger partial charge is 0.226 e. The number of carbonyl (C=O) groups is 2. The van der Waals surface area contributed by atoms with Crippen molar-refractivity contribution in [3.63, 3.8) is 0 Å². The molecular formula is C20H19ClN2O2. The molecule has 128 valence electrons. The number of benzene rings is 2. The van der Waals surface area contributed by atoms with Crippen molar-refractivity contribution in [3.8, 4) is 0 Å². The van der Waals surface area contributed by atoms with Crippen molar-refractivity contribution >= 4 is 35.2 Å². The lowest BCUT2D eigenvalue weighted by Crippen LogP contribution is -2.33. The predicted octanol–water partition coefficient (Wildman–Crippen LogP) is 4.55. The van der Waals surface area contributed by atoms with Gasteiger partial charge in [0.25, 0.3) is 0 Å². The van der Waals surface area contributed by atoms with Crippen LogP contribution in [-0.2, 0) is 9.59 Å². The van der Waals surface area contributed by atoms with Crippen molar-refractivity contribution in [2.45, 2.75) is 26.3 Å². The Kier molecular flexibility index (Phi) is 4.91. The number of amides is 2. The van der Waals surface area contributed by atoms with Crippen molar-refractivity contribution in [2.24, 2.45) is 0 Å². The van der Waals surface area contributed by atoms with Crippen molar-refractivity contribution in [1.82, 2.24) is 4.90 Å². The first-order chi connectivity index (χ1) is 12.0. The molecule has 1 atom stereocenters. The first-order valence-corrected chi connectivity index (χ1v) is 8.45. The van der Waals surface area contributed by atoms with Crippen molar-refractivity contribution in [2.75, 3.05) is 5.32 Å². The summed E-state index contributed by atoms with van der Waals surface area (Å²) < 4.78 is 0. The first kappa shape index (κ1) is 17.2. The van der Waals surface area contributed by atoms with Gasteiger partial charge in [0.15, 0.2) is 0 Å². The van der Waals surface area contributed by atoms with Crippen LogP contribution in [0, 0.1) is 6.92 Å². The second-order valence-corrected chi connectivity index (χ2v) is 6.51. The van der Waals surface area contributed by atoms with Crippen molar-refractivity contribution in [3.05, 3.63) is 70.4 Å². The molecule has 25 heavy (non-hydrogen) atoms. The third-order valence-electron chi connectivity index (χ3n) is 4.30. The van der Waals surface area contributed by atoms with Gasteiger partial charge >= 0.3 is 0 Å². The molecule has 0 fully saturated rings. The average molecular weight is 355 g/mol. The lowest BCUT2D eigenvalue weighted by atomic mass is 9.93. The van der Waals surface area contributed by atoms with Crippen LogP contribution in [0.15, 0.2) is 48.7 Å². The normalized spacial score (nSPS) is 15.6. The molecule has 1 heterocycles. The van der Waals surface area contributed by atoms with Gasteiger partial charge in [-0.05, 0) is 41.8 Å². The summed E-state index contributed by atoms with van der Waals surface area (Å²) in [5.74, 6) is -0.261. The Labute approximate surface area is 152 Å². The second kappa shape index (κ2) is 7.11. The topological polar surface area (TPSA) is 49.4 Å². The van der Waals surface area contributed by atoms with Gasteiger partial charge in [0.2, 0.25) is 11.8 Å². The van der Waals surface area contributed by atoms with Gasteiger partial charge in [-0.2, -0.15) is 0 Å². The molecule has 0 saturated carbocycles. The van der Waals surface area contributed by atoms with Crippen LogP contribution in [0.2, 0.25) is 5.02 Å². The zero-order valence-electron chi connectivity index (χ0n) is 14.1. The van der Waals surface area contributed by atoms with Crippen LogP contribution in [-0.4, -0.2) is 16.7 Å². The fourth-order valence-corrected chi connectivity index (χ4v) is 3.15. The molecule has 2 aromatic rings. The molecule has 1 aliphatic heterocycles. The number of nitrogens with zero attached hydrogens (tertiary/aromatic N) is 1. The average Bonchev–Trinajstić information content (AvgIpc) is 2.58. The first-order valence-electron chi connectivity index (χ1n) is 8.08. The number of anilines is 1. The summed E-state index contributed by atoms with van der Waals surface area (Å²) in [5, 5.41) is 3.47. The van der Waals surface area contributed by atoms with Crippen LogP contribution in [0.4, 0.5) is 5.69 Å². The largest absolute Gasteiger partial charge is 0.326 e. The Morgan fingerprint density at radius 1 is 1.20 bits per heavy atom. The van der Waals surface area contributed by atoms with E-state index in [0.29, 0.717) is 10.7 Å². The van der Waals surface area contributed by atoms with E-state index in [1.54, 1.807) is 17.2 Å². The van der Waals surface area contributed by atoms with Crippen molar-refractivity contribution < 1.29 is 9.59 Å². The van der Waals surface area contributed by atoms with E-state index in [1.807, 2.05) is 49.4 Å². The van der Waals surface area contributed by atoms with Gasteiger partial charge in [0.1, 0.15) is 0 Å². The summed E-state index contributed by atoms with van der Waals surface area (Å²) in [6.45, 7) is 3.41. The third-order valence-corrected chi connectivity index (χ3v) is 4.71. The maximum absolute atomic E-state index is 12.5. The van der Waals surface area contributed by atoms with E-state index in [1.165, 1.54) is 6.92 Å². The number of hydrogen-bond donors (Lipinski definition) is 1. The fourth-order valence-electron chi connectivity index (χ4n) is 2.97. The minimum Gasteiger partial charge on any atom is -0.326 e. The molecule has 0 aromatic heterocycles. The van der Waals surface area contributed by atoms with Gasteiger partial charge < -0.3 is 10.2 Å². The molecule has 2 aromatic carbocycles. The lowest BCUT2D eigenvalue weighted by molar-refractivity contribution is -0.129. The van der Waals surface area contributed by atoms with Crippen LogP contribution < -0.4 is 5.32 Å². The van der Waals surface area contributed by atoms with Crippen molar-refractivity contribution in [1.29, 1.82) is 0 Å². The van der Waals surface area contributed by atoms with Gasteiger partial charge in [0.05, 0.1) is 12.5 Å². The lowest BCUT2D eigenvalue weighted by Gasteiger charge is -2.32. The number of nitrogens with one attached hydrogen (secondary N) is 1. The van der Waals surface area contributed by atoms with E-state index < -0.39 is 0 Å². The van der Waals surface area contributed by atoms with Gasteiger partial charge in [-0.15, -0.1) is 0 Å². The molecule has 1 N–H and O–H groups in total. The molecule has 0 radical (unpaired) electrons. The molecule has 1 unspecified atom stereocenters. The summed E-state index contributed by atoms with van der Waals surface area (Å²) in [6.07, 6.45) is 3.81. The summed E-state index contributed by atoms with van der Waals surface area (Å²) in [4.78, 5) is 26.1. The molecule has 0 bridgehead atoms. The molecule has 0 spiro atoms. The molecule has 0 saturated heterocycles. The number of hydrogen-bond acceptors (Lipinski definition) is 2. The van der Waals surface area contributed by atoms with E-state index in [-0.39, 0.29) is 24.3 Å². The van der Waals surface area contributed by atoms with Crippen LogP contribution in [0.3, 0.4) is 0 Å². The zero-order chi connectivity index (χ0) is 18.0. The molecule has 3 rings (SSSR count). The Morgan fingerprint density at radius 3 is 2.68 bits per heavy atom. The van der Waals surface area contributed by atoms with E-state index in [2.05, 4.69) is 5.32 Å². The number of rotatable bonds is 3. The SMILES string of the molecule is CC(=O)N1C=Cc2ccccc2C1CC(=O)Nc1ccc(C)c(Cl)c1. The quantitative estimate of drug-likeness (QED) is 0.878. The van der Waals surface area contributed by atoms with E-state index >= 15 is 0 Å². The van der Waals surface area contributed by atoms with Gasteiger partial charge in [-0.25, -0.2) is 0 Å². The van der Waals surface area contributed by atoms with E-state index in [0.717, 1.165) is 16.7 Å². The summed E-state index contributed by atoms with van der Waals surface area (Å²) >= 11 is 6.11. The highest BCUT2D eigenvalue weighted by Crippen LogP contribution is 2.33. The second-order valence-electron chi connectivity index (χ2n) is 6.10. The maximum Gasteiger partial charge on any atom is 0.226 e. The minimum absolute atomic E-state index is 0.0954. The molecule has 2 amide bonds. The Morgan fingerprint density at radius 2 is 1.96 bits per heavy atom. The molecule has 5 heteroatoms. The molecule has 0 aliphatic carbocycles. The Balaban J connectivity index is 1.81. The van der Waals surface area contributed by atoms with Gasteiger partial charge in [0, 0.05) is 23.8 Å². The van der Waals surface area contributed by atoms with Gasteiger partial charge in [-0.3, -0.25) is 9.59 Å². The number of halogens is 1.